The molecule has 88 valence electrons. The van der Waals surface area contributed by atoms with E-state index in [2.05, 4.69) is 9.97 Å². The fourth-order valence-corrected chi connectivity index (χ4v) is 2.03. The summed E-state index contributed by atoms with van der Waals surface area (Å²) < 4.78 is 5.43. The molecule has 0 amide bonds. The molecule has 0 bridgehead atoms. The summed E-state index contributed by atoms with van der Waals surface area (Å²) in [6, 6.07) is 4.83. The average Bonchev–Trinajstić information content (AvgIpc) is 2.85. The maximum absolute atomic E-state index is 9.48. The minimum Gasteiger partial charge on any atom is -0.508 e. The first-order valence-corrected chi connectivity index (χ1v) is 5.44. The second-order valence-corrected chi connectivity index (χ2v) is 4.17. The van der Waals surface area contributed by atoms with Crippen LogP contribution in [0.1, 0.15) is 24.4 Å². The lowest BCUT2D eigenvalue weighted by molar-refractivity contribution is 0.0762. The van der Waals surface area contributed by atoms with Gasteiger partial charge in [0.15, 0.2) is 0 Å². The molecule has 5 heteroatoms. The summed E-state index contributed by atoms with van der Waals surface area (Å²) in [4.78, 5) is 7.65. The number of hydrogen-bond acceptors (Lipinski definition) is 4. The van der Waals surface area contributed by atoms with Crippen molar-refractivity contribution in [3.63, 3.8) is 0 Å². The molecule has 2 heterocycles. The Balaban J connectivity index is 2.10. The highest BCUT2D eigenvalue weighted by atomic mass is 16.5. The maximum atomic E-state index is 9.48. The monoisotopic (exact) mass is 231 g/mol. The number of H-pyrrole nitrogens is 1. The van der Waals surface area contributed by atoms with Gasteiger partial charge in [0.1, 0.15) is 11.6 Å². The summed E-state index contributed by atoms with van der Waals surface area (Å²) >= 11 is 0. The summed E-state index contributed by atoms with van der Waals surface area (Å²) in [5, 5.41) is 9.48. The van der Waals surface area contributed by atoms with Gasteiger partial charge < -0.3 is 20.6 Å². The number of anilines is 1. The average molecular weight is 231 g/mol. The van der Waals surface area contributed by atoms with E-state index in [0.717, 1.165) is 11.4 Å². The Labute approximate surface area is 98.3 Å². The molecule has 2 aromatic rings. The molecule has 17 heavy (non-hydrogen) atoms. The Morgan fingerprint density at radius 3 is 3.12 bits per heavy atom. The van der Waals surface area contributed by atoms with E-state index in [4.69, 9.17) is 10.5 Å². The number of phenolic OH excluding ortho intramolecular Hbond substituents is 1. The van der Waals surface area contributed by atoms with Gasteiger partial charge in [0, 0.05) is 11.3 Å². The van der Waals surface area contributed by atoms with E-state index in [0.29, 0.717) is 23.7 Å². The standard InChI is InChI=1S/C12H13N3O2/c1-6-11-10(5-17-6)14-12(15-11)8-4-7(16)2-3-9(8)13/h2-4,6,16H,5,13H2,1H3,(H,14,15). The molecule has 1 atom stereocenters. The second kappa shape index (κ2) is 3.49. The van der Waals surface area contributed by atoms with Crippen LogP contribution in [-0.4, -0.2) is 15.1 Å². The normalized spacial score (nSPS) is 18.3. The van der Waals surface area contributed by atoms with Gasteiger partial charge in [0.05, 0.1) is 24.1 Å². The lowest BCUT2D eigenvalue weighted by Crippen LogP contribution is -1.94. The first-order chi connectivity index (χ1) is 8.15. The first kappa shape index (κ1) is 10.2. The molecule has 1 aliphatic heterocycles. The molecule has 1 aliphatic rings. The molecule has 4 N–H and O–H groups in total. The van der Waals surface area contributed by atoms with E-state index < -0.39 is 0 Å². The molecule has 0 saturated carbocycles. The Bertz CT molecular complexity index is 577. The predicted molar refractivity (Wildman–Crippen MR) is 63.3 cm³/mol. The van der Waals surface area contributed by atoms with Crippen LogP contribution in [-0.2, 0) is 11.3 Å². The van der Waals surface area contributed by atoms with Gasteiger partial charge in [-0.1, -0.05) is 0 Å². The van der Waals surface area contributed by atoms with Crippen molar-refractivity contribution in [2.75, 3.05) is 5.73 Å². The van der Waals surface area contributed by atoms with Gasteiger partial charge in [-0.05, 0) is 25.1 Å². The van der Waals surface area contributed by atoms with Crippen molar-refractivity contribution in [2.45, 2.75) is 19.6 Å². The number of aromatic amines is 1. The summed E-state index contributed by atoms with van der Waals surface area (Å²) in [6.45, 7) is 2.50. The smallest absolute Gasteiger partial charge is 0.140 e. The van der Waals surface area contributed by atoms with E-state index in [1.54, 1.807) is 18.2 Å². The van der Waals surface area contributed by atoms with Crippen LogP contribution in [0.25, 0.3) is 11.4 Å². The zero-order valence-electron chi connectivity index (χ0n) is 9.40. The molecule has 1 unspecified atom stereocenters. The highest BCUT2D eigenvalue weighted by Crippen LogP contribution is 2.33. The highest BCUT2D eigenvalue weighted by molar-refractivity contribution is 5.73. The summed E-state index contributed by atoms with van der Waals surface area (Å²) in [5.74, 6) is 0.855. The fourth-order valence-electron chi connectivity index (χ4n) is 2.03. The molecule has 0 spiro atoms. The Morgan fingerprint density at radius 2 is 2.35 bits per heavy atom. The number of rotatable bonds is 1. The van der Waals surface area contributed by atoms with Crippen molar-refractivity contribution in [3.05, 3.63) is 29.6 Å². The second-order valence-electron chi connectivity index (χ2n) is 4.17. The molecule has 5 nitrogen and oxygen atoms in total. The van der Waals surface area contributed by atoms with E-state index in [9.17, 15) is 5.11 Å². The van der Waals surface area contributed by atoms with Crippen molar-refractivity contribution < 1.29 is 9.84 Å². The van der Waals surface area contributed by atoms with Crippen LogP contribution < -0.4 is 5.73 Å². The lowest BCUT2D eigenvalue weighted by atomic mass is 10.1. The van der Waals surface area contributed by atoms with Crippen LogP contribution in [0.2, 0.25) is 0 Å². The largest absolute Gasteiger partial charge is 0.508 e. The number of nitrogen functional groups attached to an aromatic ring is 1. The van der Waals surface area contributed by atoms with Crippen LogP contribution in [0.15, 0.2) is 18.2 Å². The van der Waals surface area contributed by atoms with Gasteiger partial charge in [-0.15, -0.1) is 0 Å². The number of benzene rings is 1. The van der Waals surface area contributed by atoms with E-state index in [1.807, 2.05) is 6.92 Å². The van der Waals surface area contributed by atoms with Crippen LogP contribution in [0.4, 0.5) is 5.69 Å². The molecule has 0 saturated heterocycles. The van der Waals surface area contributed by atoms with Crippen LogP contribution in [0.3, 0.4) is 0 Å². The minimum absolute atomic E-state index is 0.00790. The maximum Gasteiger partial charge on any atom is 0.140 e. The van der Waals surface area contributed by atoms with Gasteiger partial charge in [0.2, 0.25) is 0 Å². The number of nitrogens with two attached hydrogens (primary N) is 1. The van der Waals surface area contributed by atoms with Gasteiger partial charge >= 0.3 is 0 Å². The Morgan fingerprint density at radius 1 is 1.53 bits per heavy atom. The number of imidazole rings is 1. The van der Waals surface area contributed by atoms with Gasteiger partial charge in [-0.25, -0.2) is 4.98 Å². The number of ether oxygens (including phenoxy) is 1. The van der Waals surface area contributed by atoms with Crippen molar-refractivity contribution in [1.82, 2.24) is 9.97 Å². The molecule has 0 radical (unpaired) electrons. The number of nitrogens with zero attached hydrogens (tertiary/aromatic N) is 1. The molecule has 0 fully saturated rings. The Hall–Kier alpha value is -2.01. The van der Waals surface area contributed by atoms with Crippen molar-refractivity contribution in [1.29, 1.82) is 0 Å². The molecule has 1 aromatic heterocycles. The van der Waals surface area contributed by atoms with Gasteiger partial charge in [-0.3, -0.25) is 0 Å². The molecule has 1 aromatic carbocycles. The zero-order valence-corrected chi connectivity index (χ0v) is 9.40. The number of hydrogen-bond donors (Lipinski definition) is 3. The number of aromatic hydroxyl groups is 1. The van der Waals surface area contributed by atoms with Gasteiger partial charge in [-0.2, -0.15) is 0 Å². The van der Waals surface area contributed by atoms with Gasteiger partial charge in [0.25, 0.3) is 0 Å². The number of nitrogens with one attached hydrogen (secondary N) is 1. The van der Waals surface area contributed by atoms with Crippen molar-refractivity contribution in [2.24, 2.45) is 0 Å². The predicted octanol–water partition coefficient (Wildman–Crippen LogP) is 1.96. The third kappa shape index (κ3) is 1.55. The number of phenols is 1. The third-order valence-corrected chi connectivity index (χ3v) is 2.97. The number of fused-ring (bicyclic) bond motifs is 1. The van der Waals surface area contributed by atoms with Crippen LogP contribution >= 0.6 is 0 Å². The van der Waals surface area contributed by atoms with E-state index in [1.165, 1.54) is 0 Å². The van der Waals surface area contributed by atoms with E-state index >= 15 is 0 Å². The van der Waals surface area contributed by atoms with Crippen LogP contribution in [0.5, 0.6) is 5.75 Å². The lowest BCUT2D eigenvalue weighted by Gasteiger charge is -2.04. The summed E-state index contributed by atoms with van der Waals surface area (Å²) in [5.41, 5.74) is 9.07. The molecule has 3 rings (SSSR count). The molecular formula is C12H13N3O2. The topological polar surface area (TPSA) is 84.2 Å². The van der Waals surface area contributed by atoms with Crippen molar-refractivity contribution in [3.8, 4) is 17.1 Å². The van der Waals surface area contributed by atoms with Crippen LogP contribution in [0, 0.1) is 0 Å². The quantitative estimate of drug-likeness (QED) is 0.517. The number of aromatic nitrogens is 2. The first-order valence-electron chi connectivity index (χ1n) is 5.44. The van der Waals surface area contributed by atoms with Crippen molar-refractivity contribution >= 4 is 5.69 Å². The molecular weight excluding hydrogens is 218 g/mol. The summed E-state index contributed by atoms with van der Waals surface area (Å²) in [7, 11) is 0. The molecule has 0 aliphatic carbocycles. The zero-order chi connectivity index (χ0) is 12.0. The highest BCUT2D eigenvalue weighted by Gasteiger charge is 2.24. The minimum atomic E-state index is 0.00790. The SMILES string of the molecule is CC1OCc2[nH]c(-c3cc(O)ccc3N)nc21. The summed E-state index contributed by atoms with van der Waals surface area (Å²) in [6.07, 6.45) is 0.00790. The third-order valence-electron chi connectivity index (χ3n) is 2.97. The fraction of sp³-hybridized carbons (Fsp3) is 0.250. The Kier molecular flexibility index (Phi) is 2.09. The van der Waals surface area contributed by atoms with E-state index in [-0.39, 0.29) is 11.9 Å².